The van der Waals surface area contributed by atoms with Gasteiger partial charge < -0.3 is 10.6 Å². The molecular formula is C17H27FN2. The molecule has 1 heterocycles. The Labute approximate surface area is 122 Å². The van der Waals surface area contributed by atoms with Crippen molar-refractivity contribution in [3.63, 3.8) is 0 Å². The number of benzene rings is 1. The summed E-state index contributed by atoms with van der Waals surface area (Å²) in [7, 11) is 0. The molecule has 0 aromatic heterocycles. The van der Waals surface area contributed by atoms with Gasteiger partial charge in [0.1, 0.15) is 5.82 Å². The molecule has 0 aliphatic carbocycles. The first-order valence-corrected chi connectivity index (χ1v) is 7.92. The molecule has 0 bridgehead atoms. The van der Waals surface area contributed by atoms with Crippen LogP contribution in [-0.4, -0.2) is 18.6 Å². The van der Waals surface area contributed by atoms with E-state index in [9.17, 15) is 4.39 Å². The fourth-order valence-electron chi connectivity index (χ4n) is 3.30. The van der Waals surface area contributed by atoms with E-state index in [4.69, 9.17) is 5.73 Å². The average Bonchev–Trinajstić information content (AvgIpc) is 2.40. The molecule has 1 fully saturated rings. The Morgan fingerprint density at radius 3 is 2.90 bits per heavy atom. The third-order valence-electron chi connectivity index (χ3n) is 4.14. The first kappa shape index (κ1) is 15.3. The molecule has 2 nitrogen and oxygen atoms in total. The summed E-state index contributed by atoms with van der Waals surface area (Å²) in [4.78, 5) is 2.49. The van der Waals surface area contributed by atoms with Crippen LogP contribution in [0, 0.1) is 5.82 Å². The van der Waals surface area contributed by atoms with Crippen LogP contribution in [0.4, 0.5) is 10.1 Å². The third-order valence-corrected chi connectivity index (χ3v) is 4.14. The SMILES string of the molecule is CCCC1CCCCN1c1ccc(F)cc1CC(C)N. The summed E-state index contributed by atoms with van der Waals surface area (Å²) in [5, 5.41) is 0. The molecular weight excluding hydrogens is 251 g/mol. The van der Waals surface area contributed by atoms with Gasteiger partial charge in [0.2, 0.25) is 0 Å². The Morgan fingerprint density at radius 1 is 1.40 bits per heavy atom. The predicted molar refractivity (Wildman–Crippen MR) is 83.6 cm³/mol. The van der Waals surface area contributed by atoms with Crippen LogP contribution in [-0.2, 0) is 6.42 Å². The van der Waals surface area contributed by atoms with Gasteiger partial charge in [0.15, 0.2) is 0 Å². The summed E-state index contributed by atoms with van der Waals surface area (Å²) in [6.45, 7) is 5.30. The van der Waals surface area contributed by atoms with Crippen LogP contribution < -0.4 is 10.6 Å². The number of halogens is 1. The minimum Gasteiger partial charge on any atom is -0.368 e. The lowest BCUT2D eigenvalue weighted by molar-refractivity contribution is 0.433. The predicted octanol–water partition coefficient (Wildman–Crippen LogP) is 3.87. The molecule has 0 saturated carbocycles. The Hall–Kier alpha value is -1.09. The number of nitrogens with two attached hydrogens (primary N) is 1. The Bertz CT molecular complexity index is 429. The second-order valence-electron chi connectivity index (χ2n) is 6.09. The van der Waals surface area contributed by atoms with Gasteiger partial charge >= 0.3 is 0 Å². The van der Waals surface area contributed by atoms with Gasteiger partial charge in [-0.25, -0.2) is 4.39 Å². The molecule has 1 aromatic rings. The molecule has 1 aliphatic heterocycles. The van der Waals surface area contributed by atoms with Crippen LogP contribution >= 0.6 is 0 Å². The van der Waals surface area contributed by atoms with Crippen molar-refractivity contribution in [2.45, 2.75) is 64.5 Å². The number of anilines is 1. The van der Waals surface area contributed by atoms with Crippen molar-refractivity contribution >= 4 is 5.69 Å². The fraction of sp³-hybridized carbons (Fsp3) is 0.647. The van der Waals surface area contributed by atoms with E-state index in [1.165, 1.54) is 37.8 Å². The van der Waals surface area contributed by atoms with Crippen molar-refractivity contribution in [3.8, 4) is 0 Å². The Morgan fingerprint density at radius 2 is 2.20 bits per heavy atom. The average molecular weight is 278 g/mol. The second kappa shape index (κ2) is 7.07. The number of nitrogens with zero attached hydrogens (tertiary/aromatic N) is 1. The number of rotatable bonds is 5. The Balaban J connectivity index is 2.28. The van der Waals surface area contributed by atoms with Crippen molar-refractivity contribution in [1.29, 1.82) is 0 Å². The molecule has 20 heavy (non-hydrogen) atoms. The van der Waals surface area contributed by atoms with E-state index in [1.807, 2.05) is 13.0 Å². The van der Waals surface area contributed by atoms with Gasteiger partial charge in [0, 0.05) is 24.3 Å². The first-order valence-electron chi connectivity index (χ1n) is 7.92. The molecule has 1 saturated heterocycles. The molecule has 2 N–H and O–H groups in total. The molecule has 2 atom stereocenters. The lowest BCUT2D eigenvalue weighted by atomic mass is 9.95. The zero-order valence-electron chi connectivity index (χ0n) is 12.7. The van der Waals surface area contributed by atoms with Crippen molar-refractivity contribution in [2.24, 2.45) is 5.73 Å². The quantitative estimate of drug-likeness (QED) is 0.885. The molecule has 112 valence electrons. The lowest BCUT2D eigenvalue weighted by Gasteiger charge is -2.39. The molecule has 3 heteroatoms. The molecule has 2 unspecified atom stereocenters. The fourth-order valence-corrected chi connectivity index (χ4v) is 3.30. The molecule has 0 spiro atoms. The van der Waals surface area contributed by atoms with E-state index in [-0.39, 0.29) is 11.9 Å². The van der Waals surface area contributed by atoms with E-state index >= 15 is 0 Å². The zero-order valence-corrected chi connectivity index (χ0v) is 12.7. The minimum absolute atomic E-state index is 0.0602. The summed E-state index contributed by atoms with van der Waals surface area (Å²) in [6, 6.07) is 5.85. The monoisotopic (exact) mass is 278 g/mol. The lowest BCUT2D eigenvalue weighted by Crippen LogP contribution is -2.40. The van der Waals surface area contributed by atoms with Crippen LogP contribution in [0.1, 0.15) is 51.5 Å². The minimum atomic E-state index is -0.159. The zero-order chi connectivity index (χ0) is 14.5. The van der Waals surface area contributed by atoms with Gasteiger partial charge in [-0.05, 0) is 62.8 Å². The Kier molecular flexibility index (Phi) is 5.41. The maximum atomic E-state index is 13.6. The summed E-state index contributed by atoms with van der Waals surface area (Å²) < 4.78 is 13.6. The highest BCUT2D eigenvalue weighted by atomic mass is 19.1. The highest BCUT2D eigenvalue weighted by Gasteiger charge is 2.24. The van der Waals surface area contributed by atoms with E-state index in [1.54, 1.807) is 12.1 Å². The largest absolute Gasteiger partial charge is 0.368 e. The van der Waals surface area contributed by atoms with Crippen molar-refractivity contribution in [1.82, 2.24) is 0 Å². The molecule has 1 aliphatic rings. The highest BCUT2D eigenvalue weighted by Crippen LogP contribution is 2.31. The van der Waals surface area contributed by atoms with Gasteiger partial charge in [0.05, 0.1) is 0 Å². The van der Waals surface area contributed by atoms with Gasteiger partial charge in [0.25, 0.3) is 0 Å². The van der Waals surface area contributed by atoms with E-state index in [0.717, 1.165) is 18.5 Å². The summed E-state index contributed by atoms with van der Waals surface area (Å²) in [6.07, 6.45) is 6.95. The van der Waals surface area contributed by atoms with Gasteiger partial charge in [-0.1, -0.05) is 13.3 Å². The normalized spacial score (nSPS) is 21.0. The van der Waals surface area contributed by atoms with Crippen LogP contribution in [0.5, 0.6) is 0 Å². The maximum Gasteiger partial charge on any atom is 0.123 e. The standard InChI is InChI=1S/C17H27FN2/c1-3-6-16-7-4-5-10-20(16)17-9-8-15(18)12-14(17)11-13(2)19/h8-9,12-13,16H,3-7,10-11,19H2,1-2H3. The van der Waals surface area contributed by atoms with Crippen LogP contribution in [0.2, 0.25) is 0 Å². The third kappa shape index (κ3) is 3.72. The topological polar surface area (TPSA) is 29.3 Å². The summed E-state index contributed by atoms with van der Waals surface area (Å²) in [5.41, 5.74) is 8.18. The van der Waals surface area contributed by atoms with Gasteiger partial charge in [-0.2, -0.15) is 0 Å². The van der Waals surface area contributed by atoms with Crippen LogP contribution in [0.25, 0.3) is 0 Å². The van der Waals surface area contributed by atoms with Crippen LogP contribution in [0.3, 0.4) is 0 Å². The highest BCUT2D eigenvalue weighted by molar-refractivity contribution is 5.55. The summed E-state index contributed by atoms with van der Waals surface area (Å²) in [5.74, 6) is -0.159. The van der Waals surface area contributed by atoms with E-state index in [2.05, 4.69) is 11.8 Å². The maximum absolute atomic E-state index is 13.6. The molecule has 0 amide bonds. The van der Waals surface area contributed by atoms with Crippen molar-refractivity contribution < 1.29 is 4.39 Å². The molecule has 1 aromatic carbocycles. The van der Waals surface area contributed by atoms with E-state index < -0.39 is 0 Å². The second-order valence-corrected chi connectivity index (χ2v) is 6.09. The number of piperidine rings is 1. The smallest absolute Gasteiger partial charge is 0.123 e. The van der Waals surface area contributed by atoms with Gasteiger partial charge in [-0.3, -0.25) is 0 Å². The summed E-state index contributed by atoms with van der Waals surface area (Å²) >= 11 is 0. The van der Waals surface area contributed by atoms with Crippen molar-refractivity contribution in [2.75, 3.05) is 11.4 Å². The van der Waals surface area contributed by atoms with Gasteiger partial charge in [-0.15, -0.1) is 0 Å². The number of hydrogen-bond donors (Lipinski definition) is 1. The van der Waals surface area contributed by atoms with Crippen LogP contribution in [0.15, 0.2) is 18.2 Å². The van der Waals surface area contributed by atoms with E-state index in [0.29, 0.717) is 6.04 Å². The first-order chi connectivity index (χ1) is 9.61. The molecule has 2 rings (SSSR count). The molecule has 0 radical (unpaired) electrons. The van der Waals surface area contributed by atoms with Crippen molar-refractivity contribution in [3.05, 3.63) is 29.6 Å². The number of hydrogen-bond acceptors (Lipinski definition) is 2.